The van der Waals surface area contributed by atoms with Gasteiger partial charge in [-0.3, -0.25) is 4.90 Å². The fourth-order valence-corrected chi connectivity index (χ4v) is 1.56. The molecule has 1 aromatic rings. The molecule has 0 aliphatic carbocycles. The van der Waals surface area contributed by atoms with Crippen LogP contribution in [0.2, 0.25) is 0 Å². The van der Waals surface area contributed by atoms with Gasteiger partial charge in [-0.05, 0) is 0 Å². The number of nitrogens with zero attached hydrogens (tertiary/aromatic N) is 3. The van der Waals surface area contributed by atoms with Gasteiger partial charge in [0, 0.05) is 32.0 Å². The maximum Gasteiger partial charge on any atom is 0.122 e. The zero-order valence-electron chi connectivity index (χ0n) is 6.98. The fraction of sp³-hybridized carbons (Fsp3) is 0.625. The molecule has 2 heterocycles. The van der Waals surface area contributed by atoms with Gasteiger partial charge in [-0.25, -0.2) is 4.98 Å². The smallest absolute Gasteiger partial charge is 0.122 e. The summed E-state index contributed by atoms with van der Waals surface area (Å²) in [5.41, 5.74) is 0. The van der Waals surface area contributed by atoms with E-state index in [0.717, 1.165) is 32.0 Å². The molecule has 1 aliphatic rings. The Morgan fingerprint density at radius 2 is 2.42 bits per heavy atom. The lowest BCUT2D eigenvalue weighted by atomic mass is 10.3. The molecule has 4 heteroatoms. The first-order chi connectivity index (χ1) is 5.90. The molecule has 0 unspecified atom stereocenters. The normalized spacial score (nSPS) is 17.8. The van der Waals surface area contributed by atoms with E-state index >= 15 is 0 Å². The molecule has 0 spiro atoms. The zero-order valence-corrected chi connectivity index (χ0v) is 6.98. The second-order valence-electron chi connectivity index (χ2n) is 3.04. The van der Waals surface area contributed by atoms with E-state index in [2.05, 4.69) is 14.5 Å². The summed E-state index contributed by atoms with van der Waals surface area (Å²) in [5, 5.41) is 8.75. The first kappa shape index (κ1) is 7.76. The van der Waals surface area contributed by atoms with Gasteiger partial charge in [-0.1, -0.05) is 0 Å². The van der Waals surface area contributed by atoms with E-state index in [9.17, 15) is 0 Å². The third kappa shape index (κ3) is 1.35. The molecule has 0 saturated carbocycles. The lowest BCUT2D eigenvalue weighted by Crippen LogP contribution is -2.35. The summed E-state index contributed by atoms with van der Waals surface area (Å²) in [5.74, 6) is 1.11. The summed E-state index contributed by atoms with van der Waals surface area (Å²) < 4.78 is 2.16. The van der Waals surface area contributed by atoms with Crippen LogP contribution >= 0.6 is 0 Å². The van der Waals surface area contributed by atoms with Crippen LogP contribution in [0.3, 0.4) is 0 Å². The van der Waals surface area contributed by atoms with Crippen molar-refractivity contribution in [2.24, 2.45) is 0 Å². The van der Waals surface area contributed by atoms with Crippen molar-refractivity contribution in [2.75, 3.05) is 19.7 Å². The predicted molar refractivity (Wildman–Crippen MR) is 44.6 cm³/mol. The molecule has 4 nitrogen and oxygen atoms in total. The molecule has 0 saturated heterocycles. The van der Waals surface area contributed by atoms with Crippen molar-refractivity contribution < 1.29 is 5.11 Å². The van der Waals surface area contributed by atoms with E-state index in [1.165, 1.54) is 0 Å². The van der Waals surface area contributed by atoms with E-state index in [-0.39, 0.29) is 6.61 Å². The first-order valence-electron chi connectivity index (χ1n) is 4.23. The van der Waals surface area contributed by atoms with E-state index in [0.29, 0.717) is 0 Å². The Kier molecular flexibility index (Phi) is 2.10. The first-order valence-corrected chi connectivity index (χ1v) is 4.23. The minimum atomic E-state index is 0.237. The molecule has 0 bridgehead atoms. The maximum atomic E-state index is 8.75. The van der Waals surface area contributed by atoms with Gasteiger partial charge in [0.2, 0.25) is 0 Å². The number of hydrogen-bond donors (Lipinski definition) is 1. The third-order valence-corrected chi connectivity index (χ3v) is 2.24. The van der Waals surface area contributed by atoms with Crippen molar-refractivity contribution in [3.05, 3.63) is 18.2 Å². The Balaban J connectivity index is 2.05. The molecule has 2 rings (SSSR count). The SMILES string of the molecule is OCCN1CCn2ccnc2C1. The lowest BCUT2D eigenvalue weighted by molar-refractivity contribution is 0.165. The van der Waals surface area contributed by atoms with Crippen molar-refractivity contribution in [1.82, 2.24) is 14.5 Å². The fourth-order valence-electron chi connectivity index (χ4n) is 1.56. The van der Waals surface area contributed by atoms with Crippen LogP contribution in [0, 0.1) is 0 Å². The molecular formula is C8H13N3O. The summed E-state index contributed by atoms with van der Waals surface area (Å²) in [7, 11) is 0. The number of imidazole rings is 1. The standard InChI is InChI=1S/C8H13N3O/c12-6-5-10-3-4-11-2-1-9-8(11)7-10/h1-2,12H,3-7H2. The molecule has 0 fully saturated rings. The van der Waals surface area contributed by atoms with Gasteiger partial charge in [0.1, 0.15) is 5.82 Å². The largest absolute Gasteiger partial charge is 0.395 e. The van der Waals surface area contributed by atoms with Gasteiger partial charge >= 0.3 is 0 Å². The van der Waals surface area contributed by atoms with Gasteiger partial charge in [0.05, 0.1) is 13.2 Å². The second kappa shape index (κ2) is 3.25. The van der Waals surface area contributed by atoms with Crippen LogP contribution in [0.25, 0.3) is 0 Å². The highest BCUT2D eigenvalue weighted by Gasteiger charge is 2.14. The van der Waals surface area contributed by atoms with Crippen molar-refractivity contribution in [3.63, 3.8) is 0 Å². The Morgan fingerprint density at radius 3 is 3.25 bits per heavy atom. The van der Waals surface area contributed by atoms with Crippen LogP contribution in [0.15, 0.2) is 12.4 Å². The van der Waals surface area contributed by atoms with E-state index in [1.54, 1.807) is 0 Å². The number of aromatic nitrogens is 2. The number of β-amino-alcohol motifs (C(OH)–C–C–N with tert-alkyl or cyclic N) is 1. The van der Waals surface area contributed by atoms with Crippen molar-refractivity contribution in [2.45, 2.75) is 13.1 Å². The number of aliphatic hydroxyl groups excluding tert-OH is 1. The Hall–Kier alpha value is -0.870. The molecule has 0 atom stereocenters. The summed E-state index contributed by atoms with van der Waals surface area (Å²) in [4.78, 5) is 6.44. The summed E-state index contributed by atoms with van der Waals surface area (Å²) in [6.07, 6.45) is 3.84. The van der Waals surface area contributed by atoms with Crippen molar-refractivity contribution >= 4 is 0 Å². The molecule has 1 N–H and O–H groups in total. The van der Waals surface area contributed by atoms with Crippen molar-refractivity contribution in [1.29, 1.82) is 0 Å². The molecule has 66 valence electrons. The van der Waals surface area contributed by atoms with Gasteiger partial charge in [-0.2, -0.15) is 0 Å². The number of hydrogen-bond acceptors (Lipinski definition) is 3. The van der Waals surface area contributed by atoms with Crippen LogP contribution in [-0.4, -0.2) is 39.3 Å². The topological polar surface area (TPSA) is 41.3 Å². The number of aliphatic hydroxyl groups is 1. The van der Waals surface area contributed by atoms with E-state index in [1.807, 2.05) is 12.4 Å². The molecule has 1 aliphatic heterocycles. The minimum absolute atomic E-state index is 0.237. The average Bonchev–Trinajstić information content (AvgIpc) is 2.51. The molecule has 0 amide bonds. The summed E-state index contributed by atoms with van der Waals surface area (Å²) in [6.45, 7) is 3.88. The second-order valence-corrected chi connectivity index (χ2v) is 3.04. The zero-order chi connectivity index (χ0) is 8.39. The Labute approximate surface area is 71.4 Å². The van der Waals surface area contributed by atoms with Crippen LogP contribution in [0.4, 0.5) is 0 Å². The van der Waals surface area contributed by atoms with Crippen molar-refractivity contribution in [3.8, 4) is 0 Å². The van der Waals surface area contributed by atoms with Crippen LogP contribution in [0.5, 0.6) is 0 Å². The molecular weight excluding hydrogens is 154 g/mol. The minimum Gasteiger partial charge on any atom is -0.395 e. The van der Waals surface area contributed by atoms with Crippen LogP contribution in [0.1, 0.15) is 5.82 Å². The van der Waals surface area contributed by atoms with E-state index in [4.69, 9.17) is 5.11 Å². The van der Waals surface area contributed by atoms with Gasteiger partial charge in [-0.15, -0.1) is 0 Å². The number of fused-ring (bicyclic) bond motifs is 1. The predicted octanol–water partition coefficient (Wildman–Crippen LogP) is -0.309. The molecule has 12 heavy (non-hydrogen) atoms. The maximum absolute atomic E-state index is 8.75. The van der Waals surface area contributed by atoms with E-state index < -0.39 is 0 Å². The highest BCUT2D eigenvalue weighted by molar-refractivity contribution is 4.95. The quantitative estimate of drug-likeness (QED) is 0.657. The Morgan fingerprint density at radius 1 is 1.50 bits per heavy atom. The van der Waals surface area contributed by atoms with Gasteiger partial charge in [0.25, 0.3) is 0 Å². The lowest BCUT2D eigenvalue weighted by Gasteiger charge is -2.26. The highest BCUT2D eigenvalue weighted by atomic mass is 16.3. The number of rotatable bonds is 2. The van der Waals surface area contributed by atoms with Gasteiger partial charge in [0.15, 0.2) is 0 Å². The van der Waals surface area contributed by atoms with Gasteiger partial charge < -0.3 is 9.67 Å². The van der Waals surface area contributed by atoms with Crippen LogP contribution in [-0.2, 0) is 13.1 Å². The molecule has 1 aromatic heterocycles. The Bertz CT molecular complexity index is 259. The highest BCUT2D eigenvalue weighted by Crippen LogP contribution is 2.08. The monoisotopic (exact) mass is 167 g/mol. The van der Waals surface area contributed by atoms with Crippen LogP contribution < -0.4 is 0 Å². The molecule has 0 aromatic carbocycles. The summed E-state index contributed by atoms with van der Waals surface area (Å²) in [6, 6.07) is 0. The molecule has 0 radical (unpaired) electrons. The average molecular weight is 167 g/mol. The summed E-state index contributed by atoms with van der Waals surface area (Å²) >= 11 is 0. The third-order valence-electron chi connectivity index (χ3n) is 2.24.